The largest absolute Gasteiger partial charge is 0.415 e. The summed E-state index contributed by atoms with van der Waals surface area (Å²) in [5, 5.41) is 3.18. The summed E-state index contributed by atoms with van der Waals surface area (Å²) in [6, 6.07) is 6.37. The molecule has 1 amide bonds. The second kappa shape index (κ2) is 5.82. The maximum absolute atomic E-state index is 13.3. The summed E-state index contributed by atoms with van der Waals surface area (Å²) >= 11 is 0. The maximum Gasteiger partial charge on any atom is 0.415 e. The van der Waals surface area contributed by atoms with E-state index in [0.717, 1.165) is 12.8 Å². The molecular weight excluding hydrogens is 235 g/mol. The van der Waals surface area contributed by atoms with Crippen LogP contribution in [0.4, 0.5) is 9.18 Å². The number of carbonyl (C=O) groups is 1. The highest BCUT2D eigenvalue weighted by Gasteiger charge is 2.23. The molecule has 5 heteroatoms. The molecule has 1 fully saturated rings. The van der Waals surface area contributed by atoms with Gasteiger partial charge in [0.1, 0.15) is 0 Å². The Balaban J connectivity index is 1.91. The molecule has 98 valence electrons. The lowest BCUT2D eigenvalue weighted by atomic mass is 10.1. The molecule has 4 nitrogen and oxygen atoms in total. The number of ether oxygens (including phenoxy) is 1. The number of piperidine rings is 1. The van der Waals surface area contributed by atoms with Gasteiger partial charge in [0, 0.05) is 19.1 Å². The summed E-state index contributed by atoms with van der Waals surface area (Å²) in [5.74, 6) is -0.533. The highest BCUT2D eigenvalue weighted by atomic mass is 19.1. The first kappa shape index (κ1) is 12.8. The van der Waals surface area contributed by atoms with E-state index in [-0.39, 0.29) is 5.75 Å². The van der Waals surface area contributed by atoms with Crippen LogP contribution < -0.4 is 10.1 Å². The van der Waals surface area contributed by atoms with E-state index in [1.54, 1.807) is 17.0 Å². The van der Waals surface area contributed by atoms with Crippen LogP contribution in [0.3, 0.4) is 0 Å². The van der Waals surface area contributed by atoms with Crippen molar-refractivity contribution in [3.05, 3.63) is 30.1 Å². The number of likely N-dealkylation sites (tertiary alicyclic amines) is 1. The molecule has 0 radical (unpaired) electrons. The van der Waals surface area contributed by atoms with Crippen molar-refractivity contribution in [3.63, 3.8) is 0 Å². The van der Waals surface area contributed by atoms with E-state index < -0.39 is 11.9 Å². The molecule has 0 aromatic heterocycles. The standard InChI is InChI=1S/C13H17FN2O2/c1-15-10-6-8-16(9-7-10)13(17)18-12-5-3-2-4-11(12)14/h2-5,10,15H,6-9H2,1H3. The second-order valence-electron chi connectivity index (χ2n) is 4.35. The molecule has 0 atom stereocenters. The molecule has 1 heterocycles. The Morgan fingerprint density at radius 1 is 1.39 bits per heavy atom. The van der Waals surface area contributed by atoms with Crippen LogP contribution in [0.25, 0.3) is 0 Å². The minimum Gasteiger partial charge on any atom is -0.407 e. The first-order valence-corrected chi connectivity index (χ1v) is 6.09. The number of rotatable bonds is 2. The van der Waals surface area contributed by atoms with Crippen LogP contribution >= 0.6 is 0 Å². The Kier molecular flexibility index (Phi) is 4.15. The minimum atomic E-state index is -0.518. The number of halogens is 1. The third kappa shape index (κ3) is 2.98. The molecule has 1 saturated heterocycles. The van der Waals surface area contributed by atoms with Gasteiger partial charge in [0.25, 0.3) is 0 Å². The van der Waals surface area contributed by atoms with Crippen LogP contribution in [0.15, 0.2) is 24.3 Å². The zero-order chi connectivity index (χ0) is 13.0. The van der Waals surface area contributed by atoms with E-state index in [0.29, 0.717) is 19.1 Å². The van der Waals surface area contributed by atoms with Crippen molar-refractivity contribution >= 4 is 6.09 Å². The van der Waals surface area contributed by atoms with Crippen LogP contribution in [-0.4, -0.2) is 37.2 Å². The summed E-state index contributed by atoms with van der Waals surface area (Å²) < 4.78 is 18.4. The van der Waals surface area contributed by atoms with Gasteiger partial charge in [-0.1, -0.05) is 12.1 Å². The number of hydrogen-bond donors (Lipinski definition) is 1. The van der Waals surface area contributed by atoms with Gasteiger partial charge in [-0.15, -0.1) is 0 Å². The molecule has 0 aliphatic carbocycles. The lowest BCUT2D eigenvalue weighted by molar-refractivity contribution is 0.135. The molecule has 1 aliphatic heterocycles. The van der Waals surface area contributed by atoms with Gasteiger partial charge >= 0.3 is 6.09 Å². The van der Waals surface area contributed by atoms with Crippen molar-refractivity contribution in [1.29, 1.82) is 0 Å². The van der Waals surface area contributed by atoms with E-state index in [2.05, 4.69) is 5.32 Å². The summed E-state index contributed by atoms with van der Waals surface area (Å²) in [6.45, 7) is 1.28. The quantitative estimate of drug-likeness (QED) is 0.875. The third-order valence-electron chi connectivity index (χ3n) is 3.20. The number of benzene rings is 1. The average molecular weight is 252 g/mol. The summed E-state index contributed by atoms with van der Waals surface area (Å²) in [4.78, 5) is 13.4. The smallest absolute Gasteiger partial charge is 0.407 e. The number of carbonyl (C=O) groups excluding carboxylic acids is 1. The number of para-hydroxylation sites is 1. The van der Waals surface area contributed by atoms with Crippen molar-refractivity contribution in [2.24, 2.45) is 0 Å². The number of amides is 1. The van der Waals surface area contributed by atoms with E-state index in [9.17, 15) is 9.18 Å². The predicted molar refractivity (Wildman–Crippen MR) is 66.1 cm³/mol. The van der Waals surface area contributed by atoms with Crippen molar-refractivity contribution in [2.45, 2.75) is 18.9 Å². The summed E-state index contributed by atoms with van der Waals surface area (Å²) in [5.41, 5.74) is 0. The monoisotopic (exact) mass is 252 g/mol. The van der Waals surface area contributed by atoms with Gasteiger partial charge in [-0.05, 0) is 32.0 Å². The SMILES string of the molecule is CNC1CCN(C(=O)Oc2ccccc2F)CC1. The molecule has 1 aromatic rings. The van der Waals surface area contributed by atoms with Crippen LogP contribution in [0.1, 0.15) is 12.8 Å². The minimum absolute atomic E-state index is 0.0155. The Bertz CT molecular complexity index is 417. The van der Waals surface area contributed by atoms with Gasteiger partial charge in [0.15, 0.2) is 11.6 Å². The van der Waals surface area contributed by atoms with E-state index in [1.807, 2.05) is 7.05 Å². The van der Waals surface area contributed by atoms with Gasteiger partial charge in [-0.25, -0.2) is 9.18 Å². The molecule has 0 spiro atoms. The molecule has 1 N–H and O–H groups in total. The van der Waals surface area contributed by atoms with Crippen molar-refractivity contribution < 1.29 is 13.9 Å². The van der Waals surface area contributed by atoms with Crippen molar-refractivity contribution in [1.82, 2.24) is 10.2 Å². The van der Waals surface area contributed by atoms with Crippen LogP contribution in [0.5, 0.6) is 5.75 Å². The van der Waals surface area contributed by atoms with Gasteiger partial charge in [0.05, 0.1) is 0 Å². The zero-order valence-electron chi connectivity index (χ0n) is 10.4. The normalized spacial score (nSPS) is 16.7. The van der Waals surface area contributed by atoms with Gasteiger partial charge in [-0.2, -0.15) is 0 Å². The van der Waals surface area contributed by atoms with Gasteiger partial charge in [0.2, 0.25) is 0 Å². The van der Waals surface area contributed by atoms with Crippen LogP contribution in [0.2, 0.25) is 0 Å². The molecule has 2 rings (SSSR count). The lowest BCUT2D eigenvalue weighted by Gasteiger charge is -2.30. The molecule has 0 saturated carbocycles. The summed E-state index contributed by atoms with van der Waals surface area (Å²) in [6.07, 6.45) is 1.31. The molecule has 1 aromatic carbocycles. The first-order chi connectivity index (χ1) is 8.70. The molecule has 0 unspecified atom stereocenters. The Morgan fingerprint density at radius 3 is 2.67 bits per heavy atom. The predicted octanol–water partition coefficient (Wildman–Crippen LogP) is 2.01. The van der Waals surface area contributed by atoms with Crippen LogP contribution in [-0.2, 0) is 0 Å². The molecule has 1 aliphatic rings. The Hall–Kier alpha value is -1.62. The van der Waals surface area contributed by atoms with Gasteiger partial charge < -0.3 is 15.0 Å². The topological polar surface area (TPSA) is 41.6 Å². The van der Waals surface area contributed by atoms with E-state index >= 15 is 0 Å². The highest BCUT2D eigenvalue weighted by molar-refractivity contribution is 5.70. The van der Waals surface area contributed by atoms with E-state index in [1.165, 1.54) is 12.1 Å². The fraction of sp³-hybridized carbons (Fsp3) is 0.462. The van der Waals surface area contributed by atoms with Gasteiger partial charge in [-0.3, -0.25) is 0 Å². The fourth-order valence-corrected chi connectivity index (χ4v) is 2.04. The maximum atomic E-state index is 13.3. The Morgan fingerprint density at radius 2 is 2.06 bits per heavy atom. The number of hydrogen-bond acceptors (Lipinski definition) is 3. The average Bonchev–Trinajstić information content (AvgIpc) is 2.41. The Labute approximate surface area is 106 Å². The molecule has 18 heavy (non-hydrogen) atoms. The number of nitrogens with zero attached hydrogens (tertiary/aromatic N) is 1. The van der Waals surface area contributed by atoms with E-state index in [4.69, 9.17) is 4.74 Å². The zero-order valence-corrected chi connectivity index (χ0v) is 10.4. The lowest BCUT2D eigenvalue weighted by Crippen LogP contribution is -2.45. The van der Waals surface area contributed by atoms with Crippen molar-refractivity contribution in [3.8, 4) is 5.75 Å². The molecular formula is C13H17FN2O2. The highest BCUT2D eigenvalue weighted by Crippen LogP contribution is 2.18. The van der Waals surface area contributed by atoms with Crippen molar-refractivity contribution in [2.75, 3.05) is 20.1 Å². The second-order valence-corrected chi connectivity index (χ2v) is 4.35. The summed E-state index contributed by atoms with van der Waals surface area (Å²) in [7, 11) is 1.91. The molecule has 0 bridgehead atoms. The van der Waals surface area contributed by atoms with Crippen LogP contribution in [0, 0.1) is 5.82 Å². The first-order valence-electron chi connectivity index (χ1n) is 6.09. The number of nitrogens with one attached hydrogen (secondary N) is 1. The fourth-order valence-electron chi connectivity index (χ4n) is 2.04. The third-order valence-corrected chi connectivity index (χ3v) is 3.20.